The number of hydrogen-bond donors (Lipinski definition) is 2. The van der Waals surface area contributed by atoms with Crippen LogP contribution in [0.5, 0.6) is 5.75 Å². The minimum absolute atomic E-state index is 0.00788. The van der Waals surface area contributed by atoms with Crippen molar-refractivity contribution >= 4 is 17.6 Å². The molecule has 0 spiro atoms. The molecule has 0 unspecified atom stereocenters. The highest BCUT2D eigenvalue weighted by atomic mass is 19.3. The normalized spacial score (nSPS) is 10.8. The molecule has 0 heterocycles. The maximum atomic E-state index is 12.0. The molecule has 0 bridgehead atoms. The maximum Gasteiger partial charge on any atom is 0.387 e. The van der Waals surface area contributed by atoms with E-state index in [9.17, 15) is 18.4 Å². The number of carboxylic acids is 1. The monoisotopic (exact) mass is 316 g/mol. The summed E-state index contributed by atoms with van der Waals surface area (Å²) >= 11 is 0. The van der Waals surface area contributed by atoms with E-state index in [4.69, 9.17) is 5.11 Å². The third-order valence-corrected chi connectivity index (χ3v) is 2.63. The zero-order chi connectivity index (χ0) is 16.5. The number of halogens is 2. The van der Waals surface area contributed by atoms with Gasteiger partial charge in [-0.15, -0.1) is 0 Å². The van der Waals surface area contributed by atoms with Crippen molar-refractivity contribution in [2.24, 2.45) is 0 Å². The van der Waals surface area contributed by atoms with Gasteiger partial charge < -0.3 is 15.2 Å². The van der Waals surface area contributed by atoms with Crippen LogP contribution in [-0.4, -0.2) is 48.1 Å². The molecule has 0 saturated carbocycles. The molecule has 1 aromatic carbocycles. The van der Waals surface area contributed by atoms with Gasteiger partial charge >= 0.3 is 12.6 Å². The Hall–Kier alpha value is -2.22. The summed E-state index contributed by atoms with van der Waals surface area (Å²) in [4.78, 5) is 24.1. The number of alkyl halides is 2. The minimum atomic E-state index is -2.90. The first kappa shape index (κ1) is 17.8. The predicted molar refractivity (Wildman–Crippen MR) is 76.1 cm³/mol. The van der Waals surface area contributed by atoms with E-state index in [2.05, 4.69) is 10.1 Å². The molecule has 1 aromatic rings. The van der Waals surface area contributed by atoms with Crippen molar-refractivity contribution in [2.45, 2.75) is 20.0 Å². The summed E-state index contributed by atoms with van der Waals surface area (Å²) in [6.45, 7) is -0.813. The number of nitrogens with zero attached hydrogens (tertiary/aromatic N) is 1. The Morgan fingerprint density at radius 3 is 2.41 bits per heavy atom. The molecule has 22 heavy (non-hydrogen) atoms. The number of aliphatic carboxylic acids is 1. The fourth-order valence-electron chi connectivity index (χ4n) is 1.84. The highest BCUT2D eigenvalue weighted by Crippen LogP contribution is 2.17. The lowest BCUT2D eigenvalue weighted by Gasteiger charge is -2.18. The Bertz CT molecular complexity index is 494. The average Bonchev–Trinajstić information content (AvgIpc) is 2.40. The van der Waals surface area contributed by atoms with Crippen LogP contribution in [0, 0.1) is 0 Å². The van der Waals surface area contributed by atoms with Gasteiger partial charge in [-0.3, -0.25) is 14.5 Å². The van der Waals surface area contributed by atoms with Gasteiger partial charge in [0.1, 0.15) is 5.75 Å². The fraction of sp³-hybridized carbons (Fsp3) is 0.429. The highest BCUT2D eigenvalue weighted by molar-refractivity contribution is 5.92. The van der Waals surface area contributed by atoms with Crippen LogP contribution < -0.4 is 10.1 Å². The second kappa shape index (κ2) is 8.93. The Balaban J connectivity index is 2.54. The number of benzene rings is 1. The first-order chi connectivity index (χ1) is 10.4. The second-order valence-electron chi connectivity index (χ2n) is 4.56. The number of carbonyl (C=O) groups is 2. The van der Waals surface area contributed by atoms with Crippen molar-refractivity contribution in [2.75, 3.05) is 25.0 Å². The second-order valence-corrected chi connectivity index (χ2v) is 4.56. The van der Waals surface area contributed by atoms with Crippen LogP contribution in [0.25, 0.3) is 0 Å². The van der Waals surface area contributed by atoms with E-state index in [1.165, 1.54) is 29.2 Å². The topological polar surface area (TPSA) is 78.9 Å². The lowest BCUT2D eigenvalue weighted by molar-refractivity contribution is -0.138. The summed E-state index contributed by atoms with van der Waals surface area (Å²) in [7, 11) is 0. The molecular formula is C14H18F2N2O4. The molecule has 1 amide bonds. The predicted octanol–water partition coefficient (Wildman–Crippen LogP) is 2.02. The summed E-state index contributed by atoms with van der Waals surface area (Å²) in [5.41, 5.74) is 0.415. The van der Waals surface area contributed by atoms with Gasteiger partial charge in [-0.25, -0.2) is 0 Å². The average molecular weight is 316 g/mol. The van der Waals surface area contributed by atoms with Gasteiger partial charge in [0.2, 0.25) is 5.91 Å². The van der Waals surface area contributed by atoms with Crippen molar-refractivity contribution in [3.63, 3.8) is 0 Å². The van der Waals surface area contributed by atoms with E-state index in [-0.39, 0.29) is 24.7 Å². The van der Waals surface area contributed by atoms with Crippen LogP contribution in [0.1, 0.15) is 13.3 Å². The third-order valence-electron chi connectivity index (χ3n) is 2.63. The molecule has 0 atom stereocenters. The van der Waals surface area contributed by atoms with E-state index in [1.54, 1.807) is 0 Å². The van der Waals surface area contributed by atoms with Crippen LogP contribution in [0.15, 0.2) is 24.3 Å². The first-order valence-corrected chi connectivity index (χ1v) is 6.69. The third kappa shape index (κ3) is 6.98. The quantitative estimate of drug-likeness (QED) is 0.729. The standard InChI is InChI=1S/C14H18F2N2O4/c1-2-7-18(9-13(20)21)8-12(19)17-10-3-5-11(6-4-10)22-14(15)16/h3-6,14H,2,7-9H2,1H3,(H,17,19)(H,20,21). The molecule has 0 radical (unpaired) electrons. The van der Waals surface area contributed by atoms with E-state index >= 15 is 0 Å². The van der Waals surface area contributed by atoms with Crippen LogP contribution in [0.4, 0.5) is 14.5 Å². The summed E-state index contributed by atoms with van der Waals surface area (Å²) in [5, 5.41) is 11.3. The van der Waals surface area contributed by atoms with Crippen LogP contribution in [-0.2, 0) is 9.59 Å². The van der Waals surface area contributed by atoms with E-state index in [0.29, 0.717) is 12.2 Å². The van der Waals surface area contributed by atoms with Crippen molar-refractivity contribution in [3.8, 4) is 5.75 Å². The fourth-order valence-corrected chi connectivity index (χ4v) is 1.84. The molecule has 0 aliphatic carbocycles. The number of amides is 1. The number of rotatable bonds is 9. The van der Waals surface area contributed by atoms with Crippen LogP contribution in [0.3, 0.4) is 0 Å². The zero-order valence-electron chi connectivity index (χ0n) is 12.1. The lowest BCUT2D eigenvalue weighted by Crippen LogP contribution is -2.37. The number of hydrogen-bond acceptors (Lipinski definition) is 4. The number of carbonyl (C=O) groups excluding carboxylic acids is 1. The first-order valence-electron chi connectivity index (χ1n) is 6.69. The molecule has 0 aliphatic heterocycles. The molecular weight excluding hydrogens is 298 g/mol. The molecule has 0 fully saturated rings. The number of ether oxygens (including phenoxy) is 1. The Labute approximate surface area is 126 Å². The molecule has 0 saturated heterocycles. The van der Waals surface area contributed by atoms with Gasteiger partial charge in [-0.2, -0.15) is 8.78 Å². The lowest BCUT2D eigenvalue weighted by atomic mass is 10.3. The molecule has 8 heteroatoms. The van der Waals surface area contributed by atoms with Gasteiger partial charge in [-0.1, -0.05) is 6.92 Å². The molecule has 6 nitrogen and oxygen atoms in total. The van der Waals surface area contributed by atoms with Crippen molar-refractivity contribution in [1.29, 1.82) is 0 Å². The maximum absolute atomic E-state index is 12.0. The van der Waals surface area contributed by atoms with Crippen LogP contribution in [0.2, 0.25) is 0 Å². The summed E-state index contributed by atoms with van der Waals surface area (Å²) in [6, 6.07) is 5.47. The van der Waals surface area contributed by atoms with Gasteiger partial charge in [-0.05, 0) is 37.2 Å². The highest BCUT2D eigenvalue weighted by Gasteiger charge is 2.13. The van der Waals surface area contributed by atoms with E-state index < -0.39 is 12.6 Å². The molecule has 1 rings (SSSR count). The van der Waals surface area contributed by atoms with Crippen molar-refractivity contribution in [3.05, 3.63) is 24.3 Å². The van der Waals surface area contributed by atoms with Crippen molar-refractivity contribution in [1.82, 2.24) is 4.90 Å². The summed E-state index contributed by atoms with van der Waals surface area (Å²) in [5.74, 6) is -1.39. The Morgan fingerprint density at radius 2 is 1.91 bits per heavy atom. The summed E-state index contributed by atoms with van der Waals surface area (Å²) in [6.07, 6.45) is 0.722. The summed E-state index contributed by atoms with van der Waals surface area (Å²) < 4.78 is 28.2. The largest absolute Gasteiger partial charge is 0.480 e. The van der Waals surface area contributed by atoms with E-state index in [1.807, 2.05) is 6.92 Å². The molecule has 0 aliphatic rings. The molecule has 0 aromatic heterocycles. The van der Waals surface area contributed by atoms with Crippen LogP contribution >= 0.6 is 0 Å². The number of anilines is 1. The van der Waals surface area contributed by atoms with Gasteiger partial charge in [0.15, 0.2) is 0 Å². The van der Waals surface area contributed by atoms with Gasteiger partial charge in [0.25, 0.3) is 0 Å². The number of nitrogens with one attached hydrogen (secondary N) is 1. The Morgan fingerprint density at radius 1 is 1.27 bits per heavy atom. The number of carboxylic acid groups (broad SMARTS) is 1. The SMILES string of the molecule is CCCN(CC(=O)O)CC(=O)Nc1ccc(OC(F)F)cc1. The minimum Gasteiger partial charge on any atom is -0.480 e. The smallest absolute Gasteiger partial charge is 0.387 e. The molecule has 122 valence electrons. The van der Waals surface area contributed by atoms with Gasteiger partial charge in [0.05, 0.1) is 13.1 Å². The Kier molecular flexibility index (Phi) is 7.24. The molecule has 2 N–H and O–H groups in total. The van der Waals surface area contributed by atoms with E-state index in [0.717, 1.165) is 6.42 Å². The van der Waals surface area contributed by atoms with Crippen molar-refractivity contribution < 1.29 is 28.2 Å². The zero-order valence-corrected chi connectivity index (χ0v) is 12.1. The van der Waals surface area contributed by atoms with Gasteiger partial charge in [0, 0.05) is 5.69 Å².